The van der Waals surface area contributed by atoms with Crippen LogP contribution in [0.3, 0.4) is 0 Å². The molecule has 0 spiro atoms. The minimum Gasteiger partial charge on any atom is -0.314 e. The monoisotopic (exact) mass is 317 g/mol. The zero-order chi connectivity index (χ0) is 15.3. The van der Waals surface area contributed by atoms with Crippen LogP contribution < -0.4 is 10.0 Å². The van der Waals surface area contributed by atoms with Crippen LogP contribution in [0.5, 0.6) is 0 Å². The molecule has 2 aliphatic carbocycles. The molecule has 0 radical (unpaired) electrons. The van der Waals surface area contributed by atoms with Gasteiger partial charge in [0.1, 0.15) is 0 Å². The molecule has 21 heavy (non-hydrogen) atoms. The first kappa shape index (κ1) is 17.2. The lowest BCUT2D eigenvalue weighted by Gasteiger charge is -2.27. The number of hydrogen-bond acceptors (Lipinski definition) is 3. The van der Waals surface area contributed by atoms with Crippen LogP contribution in [0, 0.1) is 11.8 Å². The van der Waals surface area contributed by atoms with Gasteiger partial charge in [-0.1, -0.05) is 19.8 Å². The molecule has 2 fully saturated rings. The van der Waals surface area contributed by atoms with Gasteiger partial charge < -0.3 is 5.32 Å². The lowest BCUT2D eigenvalue weighted by Crippen LogP contribution is -2.41. The van der Waals surface area contributed by atoms with Crippen LogP contribution in [0.25, 0.3) is 0 Å². The summed E-state index contributed by atoms with van der Waals surface area (Å²) >= 11 is 0. The largest absolute Gasteiger partial charge is 0.314 e. The molecule has 0 unspecified atom stereocenters. The molecule has 2 aliphatic rings. The van der Waals surface area contributed by atoms with E-state index in [4.69, 9.17) is 0 Å². The van der Waals surface area contributed by atoms with E-state index in [9.17, 15) is 8.42 Å². The Morgan fingerprint density at radius 2 is 1.76 bits per heavy atom. The summed E-state index contributed by atoms with van der Waals surface area (Å²) in [6, 6.07) is 0.693. The molecule has 0 bridgehead atoms. The minimum atomic E-state index is -3.30. The molecule has 5 nitrogen and oxygen atoms in total. The van der Waals surface area contributed by atoms with E-state index in [1.807, 2.05) is 0 Å². The summed E-state index contributed by atoms with van der Waals surface area (Å²) in [4.78, 5) is 0. The summed E-state index contributed by atoms with van der Waals surface area (Å²) in [6.07, 6.45) is 8.18. The quantitative estimate of drug-likeness (QED) is 0.637. The van der Waals surface area contributed by atoms with E-state index in [2.05, 4.69) is 17.0 Å². The van der Waals surface area contributed by atoms with Crippen LogP contribution in [0.15, 0.2) is 0 Å². The Morgan fingerprint density at radius 3 is 2.38 bits per heavy atom. The fourth-order valence-electron chi connectivity index (χ4n) is 2.88. The summed E-state index contributed by atoms with van der Waals surface area (Å²) in [5, 5.41) is 3.41. The van der Waals surface area contributed by atoms with Gasteiger partial charge in [-0.25, -0.2) is 4.72 Å². The van der Waals surface area contributed by atoms with Crippen LogP contribution >= 0.6 is 0 Å². The van der Waals surface area contributed by atoms with E-state index in [1.54, 1.807) is 7.05 Å². The topological polar surface area (TPSA) is 61.4 Å². The summed E-state index contributed by atoms with van der Waals surface area (Å²) in [5.74, 6) is 1.32. The van der Waals surface area contributed by atoms with Gasteiger partial charge >= 0.3 is 0 Å². The van der Waals surface area contributed by atoms with Crippen molar-refractivity contribution in [3.63, 3.8) is 0 Å². The zero-order valence-corrected chi connectivity index (χ0v) is 14.3. The lowest BCUT2D eigenvalue weighted by molar-refractivity contribution is 0.289. The Hall–Kier alpha value is -0.170. The van der Waals surface area contributed by atoms with Crippen molar-refractivity contribution < 1.29 is 8.42 Å². The Labute approximate surface area is 130 Å². The predicted molar refractivity (Wildman–Crippen MR) is 86.3 cm³/mol. The smallest absolute Gasteiger partial charge is 0.279 e. The lowest BCUT2D eigenvalue weighted by atomic mass is 9.83. The predicted octanol–water partition coefficient (Wildman–Crippen LogP) is 1.72. The second-order valence-electron chi connectivity index (χ2n) is 6.88. The summed E-state index contributed by atoms with van der Waals surface area (Å²) in [5.41, 5.74) is 0. The summed E-state index contributed by atoms with van der Waals surface area (Å²) in [7, 11) is -1.63. The maximum Gasteiger partial charge on any atom is 0.279 e. The first-order valence-corrected chi connectivity index (χ1v) is 9.85. The number of rotatable bonds is 9. The molecular weight excluding hydrogens is 286 g/mol. The van der Waals surface area contributed by atoms with E-state index < -0.39 is 10.2 Å². The molecule has 2 saturated carbocycles. The van der Waals surface area contributed by atoms with E-state index in [-0.39, 0.29) is 0 Å². The van der Waals surface area contributed by atoms with Crippen molar-refractivity contribution in [3.05, 3.63) is 0 Å². The van der Waals surface area contributed by atoms with Gasteiger partial charge in [0.25, 0.3) is 10.2 Å². The van der Waals surface area contributed by atoms with Crippen LogP contribution in [-0.4, -0.2) is 45.4 Å². The molecular formula is C15H31N3O2S. The van der Waals surface area contributed by atoms with Gasteiger partial charge in [-0.2, -0.15) is 12.7 Å². The Balaban J connectivity index is 1.62. The van der Waals surface area contributed by atoms with Crippen molar-refractivity contribution in [2.24, 2.45) is 11.8 Å². The minimum absolute atomic E-state index is 0.515. The summed E-state index contributed by atoms with van der Waals surface area (Å²) < 4.78 is 28.6. The van der Waals surface area contributed by atoms with Gasteiger partial charge in [-0.05, 0) is 50.5 Å². The third-order valence-corrected chi connectivity index (χ3v) is 6.29. The van der Waals surface area contributed by atoms with Gasteiger partial charge in [0.05, 0.1) is 0 Å². The van der Waals surface area contributed by atoms with Gasteiger partial charge in [-0.15, -0.1) is 0 Å². The third-order valence-electron chi connectivity index (χ3n) is 4.76. The highest BCUT2D eigenvalue weighted by Crippen LogP contribution is 2.27. The number of nitrogens with zero attached hydrogens (tertiary/aromatic N) is 1. The Bertz CT molecular complexity index is 401. The molecule has 0 aromatic heterocycles. The zero-order valence-electron chi connectivity index (χ0n) is 13.5. The van der Waals surface area contributed by atoms with Crippen molar-refractivity contribution in [1.82, 2.24) is 14.3 Å². The van der Waals surface area contributed by atoms with Crippen molar-refractivity contribution in [2.75, 3.05) is 26.7 Å². The normalized spacial score (nSPS) is 27.2. The standard InChI is InChI=1S/C15H31N3O2S/c1-13-4-6-14(7-5-13)12-17-21(19,20)18(2)11-3-10-16-15-8-9-15/h13-17H,3-12H2,1-2H3. The molecule has 0 amide bonds. The van der Waals surface area contributed by atoms with Crippen LogP contribution in [0.1, 0.15) is 51.9 Å². The fraction of sp³-hybridized carbons (Fsp3) is 1.00. The molecule has 124 valence electrons. The molecule has 2 rings (SSSR count). The maximum atomic E-state index is 12.2. The van der Waals surface area contributed by atoms with Crippen LogP contribution in [0.2, 0.25) is 0 Å². The molecule has 0 aliphatic heterocycles. The highest BCUT2D eigenvalue weighted by molar-refractivity contribution is 7.87. The van der Waals surface area contributed by atoms with Gasteiger partial charge in [0.15, 0.2) is 0 Å². The average Bonchev–Trinajstić information content (AvgIpc) is 3.27. The first-order valence-electron chi connectivity index (χ1n) is 8.41. The van der Waals surface area contributed by atoms with Crippen molar-refractivity contribution in [1.29, 1.82) is 0 Å². The number of hydrogen-bond donors (Lipinski definition) is 2. The second-order valence-corrected chi connectivity index (χ2v) is 8.75. The van der Waals surface area contributed by atoms with Crippen LogP contribution in [-0.2, 0) is 10.2 Å². The first-order chi connectivity index (χ1) is 9.97. The second kappa shape index (κ2) is 7.90. The maximum absolute atomic E-state index is 12.2. The third kappa shape index (κ3) is 6.22. The van der Waals surface area contributed by atoms with Crippen LogP contribution in [0.4, 0.5) is 0 Å². The Morgan fingerprint density at radius 1 is 1.10 bits per heavy atom. The molecule has 0 atom stereocenters. The molecule has 0 heterocycles. The van der Waals surface area contributed by atoms with E-state index in [1.165, 1.54) is 30.0 Å². The molecule has 0 saturated heterocycles. The van der Waals surface area contributed by atoms with E-state index in [0.717, 1.165) is 31.7 Å². The van der Waals surface area contributed by atoms with Crippen molar-refractivity contribution >= 4 is 10.2 Å². The van der Waals surface area contributed by atoms with E-state index in [0.29, 0.717) is 25.0 Å². The highest BCUT2D eigenvalue weighted by atomic mass is 32.2. The molecule has 6 heteroatoms. The molecule has 2 N–H and O–H groups in total. The molecule has 0 aromatic carbocycles. The van der Waals surface area contributed by atoms with Gasteiger partial charge in [0.2, 0.25) is 0 Å². The molecule has 0 aromatic rings. The summed E-state index contributed by atoms with van der Waals surface area (Å²) in [6.45, 7) is 4.37. The Kier molecular flexibility index (Phi) is 6.47. The van der Waals surface area contributed by atoms with Gasteiger partial charge in [-0.3, -0.25) is 0 Å². The van der Waals surface area contributed by atoms with Crippen molar-refractivity contribution in [3.8, 4) is 0 Å². The number of nitrogens with one attached hydrogen (secondary N) is 2. The van der Waals surface area contributed by atoms with E-state index >= 15 is 0 Å². The average molecular weight is 317 g/mol. The SMILES string of the molecule is CC1CCC(CNS(=O)(=O)N(C)CCCNC2CC2)CC1. The highest BCUT2D eigenvalue weighted by Gasteiger charge is 2.23. The van der Waals surface area contributed by atoms with Gasteiger partial charge in [0, 0.05) is 26.2 Å². The van der Waals surface area contributed by atoms with Crippen molar-refractivity contribution in [2.45, 2.75) is 57.9 Å². The fourth-order valence-corrected chi connectivity index (χ4v) is 3.92.